The molecule has 1 fully saturated rings. The molecule has 0 N–H and O–H groups in total. The Kier molecular flexibility index (Phi) is 6.71. The van der Waals surface area contributed by atoms with Gasteiger partial charge in [0.05, 0.1) is 25.2 Å². The molecule has 8 rings (SSSR count). The maximum atomic E-state index is 13.8. The fourth-order valence-electron chi connectivity index (χ4n) is 6.43. The maximum Gasteiger partial charge on any atom is 0.254 e. The van der Waals surface area contributed by atoms with E-state index in [0.717, 1.165) is 51.3 Å². The average molecular weight is 771 g/mol. The van der Waals surface area contributed by atoms with Gasteiger partial charge in [-0.15, -0.1) is 0 Å². The van der Waals surface area contributed by atoms with Gasteiger partial charge in [0.2, 0.25) is 0 Å². The summed E-state index contributed by atoms with van der Waals surface area (Å²) in [6.07, 6.45) is 1.60. The third kappa shape index (κ3) is 4.19. The molecule has 2 atom stereocenters. The van der Waals surface area contributed by atoms with E-state index in [1.165, 1.54) is 0 Å². The first kappa shape index (κ1) is 26.2. The molecule has 3 aliphatic carbocycles. The van der Waals surface area contributed by atoms with Gasteiger partial charge >= 0.3 is 0 Å². The van der Waals surface area contributed by atoms with E-state index in [0.29, 0.717) is 11.6 Å². The minimum Gasteiger partial charge on any atom is -0.487 e. The number of hydrogen-bond donors (Lipinski definition) is 0. The van der Waals surface area contributed by atoms with Crippen LogP contribution >= 0.6 is 56.8 Å². The molecule has 2 amide bonds. The number of halogens is 3. The molecule has 5 nitrogen and oxygen atoms in total. The van der Waals surface area contributed by atoms with E-state index >= 15 is 0 Å². The molecule has 0 unspecified atom stereocenters. The third-order valence-electron chi connectivity index (χ3n) is 8.06. The Bertz CT molecular complexity index is 1580. The Morgan fingerprint density at radius 1 is 0.775 bits per heavy atom. The third-order valence-corrected chi connectivity index (χ3v) is 9.92. The van der Waals surface area contributed by atoms with E-state index in [4.69, 9.17) is 16.3 Å². The molecule has 4 aliphatic rings. The smallest absolute Gasteiger partial charge is 0.254 e. The zero-order chi connectivity index (χ0) is 27.5. The summed E-state index contributed by atoms with van der Waals surface area (Å²) in [5, 5.41) is 6.26. The van der Waals surface area contributed by atoms with Gasteiger partial charge in [0.1, 0.15) is 12.4 Å². The normalized spacial score (nSPS) is 22.4. The Labute approximate surface area is 263 Å². The molecule has 4 aromatic rings. The number of amides is 2. The van der Waals surface area contributed by atoms with E-state index in [9.17, 15) is 9.59 Å². The molecule has 0 spiro atoms. The molecule has 1 aliphatic heterocycles. The van der Waals surface area contributed by atoms with E-state index in [1.54, 1.807) is 6.21 Å². The molecule has 4 aromatic carbocycles. The summed E-state index contributed by atoms with van der Waals surface area (Å²) < 4.78 is 7.92. The van der Waals surface area contributed by atoms with E-state index in [2.05, 4.69) is 74.5 Å². The molecule has 2 bridgehead atoms. The zero-order valence-electron chi connectivity index (χ0n) is 20.9. The predicted molar refractivity (Wildman–Crippen MR) is 171 cm³/mol. The second kappa shape index (κ2) is 10.3. The molecular formula is C32H21ClI2N2O3. The van der Waals surface area contributed by atoms with Crippen LogP contribution in [0, 0.1) is 19.0 Å². The quantitative estimate of drug-likeness (QED) is 0.121. The standard InChI is InChI=1S/C32H21ClI2N2O3/c33-19-11-9-17(10-12-19)16-40-30-24(34)13-18(14-25(30)35)15-36-37-31(38)28-26-20-5-1-2-6-21(20)27(29(28)32(37)39)23-8-4-3-7-22(23)26/h1-15,26-29H,16H2/b36-15-/t26?,27?,28-,29+. The van der Waals surface area contributed by atoms with Crippen molar-refractivity contribution in [3.05, 3.63) is 130 Å². The maximum absolute atomic E-state index is 13.8. The van der Waals surface area contributed by atoms with Crippen LogP contribution < -0.4 is 4.74 Å². The van der Waals surface area contributed by atoms with E-state index < -0.39 is 11.8 Å². The fraction of sp³-hybridized carbons (Fsp3) is 0.156. The minimum atomic E-state index is -0.441. The molecule has 1 heterocycles. The summed E-state index contributed by atoms with van der Waals surface area (Å²) in [5.41, 5.74) is 6.41. The molecule has 198 valence electrons. The van der Waals surface area contributed by atoms with Crippen LogP contribution in [0.25, 0.3) is 0 Å². The van der Waals surface area contributed by atoms with Gasteiger partial charge in [-0.05, 0) is 103 Å². The molecule has 8 heteroatoms. The van der Waals surface area contributed by atoms with Crippen molar-refractivity contribution in [2.45, 2.75) is 18.4 Å². The summed E-state index contributed by atoms with van der Waals surface area (Å²) in [6.45, 7) is 0.420. The Morgan fingerprint density at radius 3 is 1.73 bits per heavy atom. The van der Waals surface area contributed by atoms with E-state index in [1.807, 2.05) is 60.7 Å². The Balaban J connectivity index is 1.16. The average Bonchev–Trinajstić information content (AvgIpc) is 3.22. The van der Waals surface area contributed by atoms with Crippen LogP contribution in [0.3, 0.4) is 0 Å². The van der Waals surface area contributed by atoms with Crippen molar-refractivity contribution >= 4 is 74.8 Å². The lowest BCUT2D eigenvalue weighted by molar-refractivity contribution is -0.139. The van der Waals surface area contributed by atoms with Crippen molar-refractivity contribution in [1.82, 2.24) is 5.01 Å². The lowest BCUT2D eigenvalue weighted by Crippen LogP contribution is -2.41. The van der Waals surface area contributed by atoms with Crippen molar-refractivity contribution < 1.29 is 14.3 Å². The summed E-state index contributed by atoms with van der Waals surface area (Å²) in [6, 6.07) is 27.9. The number of carbonyl (C=O) groups is 2. The predicted octanol–water partition coefficient (Wildman–Crippen LogP) is 7.35. The summed E-state index contributed by atoms with van der Waals surface area (Å²) in [7, 11) is 0. The largest absolute Gasteiger partial charge is 0.487 e. The number of ether oxygens (including phenoxy) is 1. The van der Waals surface area contributed by atoms with Gasteiger partial charge in [-0.2, -0.15) is 10.1 Å². The van der Waals surface area contributed by atoms with Crippen LogP contribution in [-0.4, -0.2) is 23.0 Å². The number of hydrogen-bond acceptors (Lipinski definition) is 4. The highest BCUT2D eigenvalue weighted by Crippen LogP contribution is 2.60. The van der Waals surface area contributed by atoms with Crippen LogP contribution in [-0.2, 0) is 16.2 Å². The minimum absolute atomic E-state index is 0.141. The van der Waals surface area contributed by atoms with Gasteiger partial charge in [0.25, 0.3) is 11.8 Å². The highest BCUT2D eigenvalue weighted by atomic mass is 127. The van der Waals surface area contributed by atoms with Crippen LogP contribution in [0.2, 0.25) is 5.02 Å². The topological polar surface area (TPSA) is 59.0 Å². The highest BCUT2D eigenvalue weighted by molar-refractivity contribution is 14.1. The first-order valence-electron chi connectivity index (χ1n) is 12.9. The number of hydrazone groups is 1. The monoisotopic (exact) mass is 770 g/mol. The van der Waals surface area contributed by atoms with Crippen molar-refractivity contribution in [2.75, 3.05) is 0 Å². The Hall–Kier alpha value is -2.76. The summed E-state index contributed by atoms with van der Waals surface area (Å²) in [4.78, 5) is 27.5. The van der Waals surface area contributed by atoms with Crippen molar-refractivity contribution in [2.24, 2.45) is 16.9 Å². The summed E-state index contributed by atoms with van der Waals surface area (Å²) >= 11 is 10.5. The second-order valence-electron chi connectivity index (χ2n) is 10.2. The SMILES string of the molecule is O=C1[C@@H]2C3c4ccccc4C(c4ccccc43)[C@@H]2C(=O)N1/N=C\c1cc(I)c(OCc2ccc(Cl)cc2)c(I)c1. The lowest BCUT2D eigenvalue weighted by Gasteiger charge is -2.45. The first-order valence-corrected chi connectivity index (χ1v) is 15.4. The van der Waals surface area contributed by atoms with Gasteiger partial charge < -0.3 is 4.74 Å². The zero-order valence-corrected chi connectivity index (χ0v) is 26.0. The van der Waals surface area contributed by atoms with Crippen LogP contribution in [0.4, 0.5) is 0 Å². The fourth-order valence-corrected chi connectivity index (χ4v) is 8.68. The van der Waals surface area contributed by atoms with Gasteiger partial charge in [-0.1, -0.05) is 72.3 Å². The molecule has 0 saturated carbocycles. The van der Waals surface area contributed by atoms with Gasteiger partial charge in [0, 0.05) is 16.9 Å². The number of rotatable bonds is 5. The van der Waals surface area contributed by atoms with Gasteiger partial charge in [0.15, 0.2) is 0 Å². The van der Waals surface area contributed by atoms with Gasteiger partial charge in [-0.25, -0.2) is 0 Å². The van der Waals surface area contributed by atoms with Crippen molar-refractivity contribution in [1.29, 1.82) is 0 Å². The number of imide groups is 1. The van der Waals surface area contributed by atoms with Crippen LogP contribution in [0.1, 0.15) is 45.2 Å². The van der Waals surface area contributed by atoms with Gasteiger partial charge in [-0.3, -0.25) is 9.59 Å². The number of nitrogens with zero attached hydrogens (tertiary/aromatic N) is 2. The van der Waals surface area contributed by atoms with Crippen molar-refractivity contribution in [3.63, 3.8) is 0 Å². The first-order chi connectivity index (χ1) is 19.4. The molecule has 0 aromatic heterocycles. The highest BCUT2D eigenvalue weighted by Gasteiger charge is 2.61. The summed E-state index contributed by atoms with van der Waals surface area (Å²) in [5.74, 6) is -0.836. The Morgan fingerprint density at radius 2 is 1.25 bits per heavy atom. The lowest BCUT2D eigenvalue weighted by atomic mass is 9.55. The molecule has 40 heavy (non-hydrogen) atoms. The number of carbonyl (C=O) groups excluding carboxylic acids is 2. The van der Waals surface area contributed by atoms with E-state index in [-0.39, 0.29) is 23.7 Å². The molecule has 1 saturated heterocycles. The van der Waals surface area contributed by atoms with Crippen molar-refractivity contribution in [3.8, 4) is 5.75 Å². The molecular weight excluding hydrogens is 750 g/mol. The molecule has 0 radical (unpaired) electrons. The van der Waals surface area contributed by atoms with Crippen LogP contribution in [0.5, 0.6) is 5.75 Å². The second-order valence-corrected chi connectivity index (χ2v) is 13.0. The number of benzene rings is 4. The van der Waals surface area contributed by atoms with Crippen LogP contribution in [0.15, 0.2) is 90.0 Å².